The van der Waals surface area contributed by atoms with Crippen LogP contribution in [0.2, 0.25) is 0 Å². The molecule has 0 fully saturated rings. The number of aryl methyl sites for hydroxylation is 1. The van der Waals surface area contributed by atoms with Crippen molar-refractivity contribution in [1.82, 2.24) is 0 Å². The van der Waals surface area contributed by atoms with Crippen LogP contribution in [0.5, 0.6) is 17.2 Å². The number of nitrogens with one attached hydrogen (secondary N) is 1. The zero-order chi connectivity index (χ0) is 18.8. The van der Waals surface area contributed by atoms with Gasteiger partial charge in [-0.3, -0.25) is 4.79 Å². The molecular formula is C21H27NO4. The lowest BCUT2D eigenvalue weighted by molar-refractivity contribution is -0.116. The molecule has 0 saturated heterocycles. The van der Waals surface area contributed by atoms with Crippen molar-refractivity contribution in [2.24, 2.45) is 0 Å². The summed E-state index contributed by atoms with van der Waals surface area (Å²) in [5.41, 5.74) is 1.65. The van der Waals surface area contributed by atoms with Crippen LogP contribution in [0.15, 0.2) is 42.5 Å². The van der Waals surface area contributed by atoms with Crippen LogP contribution in [-0.2, 0) is 11.2 Å². The molecule has 0 radical (unpaired) electrons. The van der Waals surface area contributed by atoms with Crippen LogP contribution in [0.1, 0.15) is 32.8 Å². The summed E-state index contributed by atoms with van der Waals surface area (Å²) >= 11 is 0. The monoisotopic (exact) mass is 357 g/mol. The molecule has 2 rings (SSSR count). The predicted molar refractivity (Wildman–Crippen MR) is 103 cm³/mol. The van der Waals surface area contributed by atoms with Gasteiger partial charge in [0.2, 0.25) is 5.91 Å². The molecule has 0 saturated carbocycles. The van der Waals surface area contributed by atoms with Crippen LogP contribution >= 0.6 is 0 Å². The highest BCUT2D eigenvalue weighted by Gasteiger charge is 2.11. The van der Waals surface area contributed by atoms with Crippen molar-refractivity contribution in [3.05, 3.63) is 48.0 Å². The van der Waals surface area contributed by atoms with Gasteiger partial charge in [0.05, 0.1) is 25.5 Å². The van der Waals surface area contributed by atoms with Gasteiger partial charge in [-0.1, -0.05) is 18.2 Å². The molecule has 5 nitrogen and oxygen atoms in total. The smallest absolute Gasteiger partial charge is 0.224 e. The van der Waals surface area contributed by atoms with Gasteiger partial charge in [-0.25, -0.2) is 0 Å². The maximum atomic E-state index is 12.4. The fourth-order valence-corrected chi connectivity index (χ4v) is 2.61. The van der Waals surface area contributed by atoms with Crippen LogP contribution < -0.4 is 19.5 Å². The van der Waals surface area contributed by atoms with Crippen molar-refractivity contribution < 1.29 is 19.0 Å². The first-order valence-corrected chi connectivity index (χ1v) is 9.08. The highest BCUT2D eigenvalue weighted by atomic mass is 16.5. The van der Waals surface area contributed by atoms with Crippen LogP contribution in [0.25, 0.3) is 0 Å². The minimum absolute atomic E-state index is 0.0779. The van der Waals surface area contributed by atoms with E-state index in [-0.39, 0.29) is 5.91 Å². The third-order valence-corrected chi connectivity index (χ3v) is 3.73. The quantitative estimate of drug-likeness (QED) is 0.682. The summed E-state index contributed by atoms with van der Waals surface area (Å²) in [6.07, 6.45) is 0.964. The second-order valence-corrected chi connectivity index (χ2v) is 5.61. The van der Waals surface area contributed by atoms with E-state index in [1.165, 1.54) is 0 Å². The molecule has 0 spiro atoms. The van der Waals surface area contributed by atoms with E-state index in [0.717, 1.165) is 11.3 Å². The fourth-order valence-electron chi connectivity index (χ4n) is 2.61. The van der Waals surface area contributed by atoms with Crippen molar-refractivity contribution in [2.45, 2.75) is 33.6 Å². The summed E-state index contributed by atoms with van der Waals surface area (Å²) in [4.78, 5) is 12.4. The van der Waals surface area contributed by atoms with Gasteiger partial charge in [0.1, 0.15) is 17.2 Å². The van der Waals surface area contributed by atoms with E-state index < -0.39 is 0 Å². The first-order valence-electron chi connectivity index (χ1n) is 9.08. The van der Waals surface area contributed by atoms with Crippen LogP contribution in [-0.4, -0.2) is 25.7 Å². The van der Waals surface area contributed by atoms with E-state index in [4.69, 9.17) is 14.2 Å². The molecule has 2 aromatic rings. The van der Waals surface area contributed by atoms with Gasteiger partial charge in [-0.15, -0.1) is 0 Å². The standard InChI is InChI=1S/C21H27NO4/c1-4-24-17-12-13-20(26-6-3)18(15-17)22-21(23)14-11-16-9-7-8-10-19(16)25-5-2/h7-10,12-13,15H,4-6,11,14H2,1-3H3,(H,22,23). The maximum Gasteiger partial charge on any atom is 0.224 e. The van der Waals surface area contributed by atoms with Gasteiger partial charge in [0.25, 0.3) is 0 Å². The summed E-state index contributed by atoms with van der Waals surface area (Å²) in [6, 6.07) is 13.2. The number of amides is 1. The molecular weight excluding hydrogens is 330 g/mol. The number of carbonyl (C=O) groups is 1. The number of benzene rings is 2. The van der Waals surface area contributed by atoms with Gasteiger partial charge in [-0.05, 0) is 51.0 Å². The molecule has 1 N–H and O–H groups in total. The van der Waals surface area contributed by atoms with Crippen molar-refractivity contribution >= 4 is 11.6 Å². The highest BCUT2D eigenvalue weighted by molar-refractivity contribution is 5.92. The number of carbonyl (C=O) groups excluding carboxylic acids is 1. The third-order valence-electron chi connectivity index (χ3n) is 3.73. The minimum Gasteiger partial charge on any atom is -0.494 e. The summed E-state index contributed by atoms with van der Waals surface area (Å²) < 4.78 is 16.7. The second kappa shape index (κ2) is 10.3. The van der Waals surface area contributed by atoms with Gasteiger partial charge in [-0.2, -0.15) is 0 Å². The molecule has 0 bridgehead atoms. The van der Waals surface area contributed by atoms with Crippen molar-refractivity contribution in [2.75, 3.05) is 25.1 Å². The van der Waals surface area contributed by atoms with E-state index in [9.17, 15) is 4.79 Å². The van der Waals surface area contributed by atoms with Gasteiger partial charge < -0.3 is 19.5 Å². The van der Waals surface area contributed by atoms with Crippen molar-refractivity contribution in [1.29, 1.82) is 0 Å². The Hall–Kier alpha value is -2.69. The Kier molecular flexibility index (Phi) is 7.80. The van der Waals surface area contributed by atoms with E-state index in [2.05, 4.69) is 5.32 Å². The molecule has 0 aliphatic carbocycles. The first-order chi connectivity index (χ1) is 12.7. The Morgan fingerprint density at radius 1 is 0.885 bits per heavy atom. The lowest BCUT2D eigenvalue weighted by atomic mass is 10.1. The third kappa shape index (κ3) is 5.69. The SMILES string of the molecule is CCOc1ccc(OCC)c(NC(=O)CCc2ccccc2OCC)c1. The highest BCUT2D eigenvalue weighted by Crippen LogP contribution is 2.30. The van der Waals surface area contributed by atoms with E-state index in [1.54, 1.807) is 6.07 Å². The number of ether oxygens (including phenoxy) is 3. The summed E-state index contributed by atoms with van der Waals surface area (Å²) in [6.45, 7) is 7.47. The molecule has 140 valence electrons. The molecule has 0 aromatic heterocycles. The summed E-state index contributed by atoms with van der Waals surface area (Å²) in [7, 11) is 0. The molecule has 0 heterocycles. The van der Waals surface area contributed by atoms with E-state index >= 15 is 0 Å². The summed E-state index contributed by atoms with van der Waals surface area (Å²) in [5.74, 6) is 2.09. The fraction of sp³-hybridized carbons (Fsp3) is 0.381. The number of rotatable bonds is 10. The van der Waals surface area contributed by atoms with Crippen LogP contribution in [0.3, 0.4) is 0 Å². The van der Waals surface area contributed by atoms with Crippen LogP contribution in [0, 0.1) is 0 Å². The Balaban J connectivity index is 2.04. The number of anilines is 1. The molecule has 0 aliphatic heterocycles. The molecule has 0 aliphatic rings. The van der Waals surface area contributed by atoms with Crippen LogP contribution in [0.4, 0.5) is 5.69 Å². The molecule has 2 aromatic carbocycles. The number of para-hydroxylation sites is 1. The Bertz CT molecular complexity index is 715. The molecule has 0 atom stereocenters. The lowest BCUT2D eigenvalue weighted by Gasteiger charge is -2.14. The Morgan fingerprint density at radius 2 is 1.58 bits per heavy atom. The molecule has 26 heavy (non-hydrogen) atoms. The minimum atomic E-state index is -0.0779. The van der Waals surface area contributed by atoms with Crippen molar-refractivity contribution in [3.8, 4) is 17.2 Å². The normalized spacial score (nSPS) is 10.3. The zero-order valence-electron chi connectivity index (χ0n) is 15.7. The largest absolute Gasteiger partial charge is 0.494 e. The molecule has 5 heteroatoms. The Morgan fingerprint density at radius 3 is 2.31 bits per heavy atom. The van der Waals surface area contributed by atoms with Gasteiger partial charge in [0.15, 0.2) is 0 Å². The topological polar surface area (TPSA) is 56.8 Å². The van der Waals surface area contributed by atoms with Crippen molar-refractivity contribution in [3.63, 3.8) is 0 Å². The number of hydrogen-bond acceptors (Lipinski definition) is 4. The number of hydrogen-bond donors (Lipinski definition) is 1. The maximum absolute atomic E-state index is 12.4. The average molecular weight is 357 g/mol. The molecule has 0 unspecified atom stereocenters. The van der Waals surface area contributed by atoms with Gasteiger partial charge >= 0.3 is 0 Å². The van der Waals surface area contributed by atoms with E-state index in [1.807, 2.05) is 57.2 Å². The predicted octanol–water partition coefficient (Wildman–Crippen LogP) is 4.45. The molecule has 1 amide bonds. The Labute approximate surface area is 155 Å². The lowest BCUT2D eigenvalue weighted by Crippen LogP contribution is -2.14. The second-order valence-electron chi connectivity index (χ2n) is 5.61. The average Bonchev–Trinajstić information content (AvgIpc) is 2.64. The first kappa shape index (κ1) is 19.6. The zero-order valence-corrected chi connectivity index (χ0v) is 15.7. The van der Waals surface area contributed by atoms with Gasteiger partial charge in [0, 0.05) is 12.5 Å². The summed E-state index contributed by atoms with van der Waals surface area (Å²) in [5, 5.41) is 2.93. The van der Waals surface area contributed by atoms with E-state index in [0.29, 0.717) is 49.8 Å².